The number of ether oxygens (including phenoxy) is 1. The topological polar surface area (TPSA) is 78.5 Å². The van der Waals surface area contributed by atoms with Crippen LogP contribution in [0.15, 0.2) is 29.6 Å². The second-order valence-corrected chi connectivity index (χ2v) is 6.06. The van der Waals surface area contributed by atoms with Crippen LogP contribution in [0.1, 0.15) is 16.9 Å². The second kappa shape index (κ2) is 7.06. The van der Waals surface area contributed by atoms with Gasteiger partial charge in [0.05, 0.1) is 12.7 Å². The molecule has 0 radical (unpaired) electrons. The van der Waals surface area contributed by atoms with Crippen molar-refractivity contribution in [2.45, 2.75) is 12.5 Å². The number of nitrogens with one attached hydrogen (secondary N) is 1. The fraction of sp³-hybridized carbons (Fsp3) is 0.562. The fourth-order valence-electron chi connectivity index (χ4n) is 3.28. The Morgan fingerprint density at radius 3 is 3.04 bits per heavy atom. The Balaban J connectivity index is 1.65. The largest absolute Gasteiger partial charge is 0.375 e. The summed E-state index contributed by atoms with van der Waals surface area (Å²) in [7, 11) is 0. The summed E-state index contributed by atoms with van der Waals surface area (Å²) in [6, 6.07) is 2.79. The minimum absolute atomic E-state index is 0.0604. The predicted octanol–water partition coefficient (Wildman–Crippen LogP) is 0.119. The molecule has 1 N–H and O–H groups in total. The van der Waals surface area contributed by atoms with Gasteiger partial charge in [-0.25, -0.2) is 5.10 Å². The minimum Gasteiger partial charge on any atom is -0.375 e. The summed E-state index contributed by atoms with van der Waals surface area (Å²) in [6.45, 7) is 8.48. The van der Waals surface area contributed by atoms with Gasteiger partial charge in [-0.1, -0.05) is 6.08 Å². The lowest BCUT2D eigenvalue weighted by atomic mass is 9.93. The summed E-state index contributed by atoms with van der Waals surface area (Å²) in [5, 5.41) is 6.13. The highest BCUT2D eigenvalue weighted by Gasteiger charge is 2.35. The van der Waals surface area contributed by atoms with Crippen LogP contribution in [0.3, 0.4) is 0 Å². The van der Waals surface area contributed by atoms with Crippen molar-refractivity contribution in [3.05, 3.63) is 40.8 Å². The molecule has 0 saturated carbocycles. The molecule has 124 valence electrons. The van der Waals surface area contributed by atoms with Crippen LogP contribution in [0, 0.1) is 5.92 Å². The Kier molecular flexibility index (Phi) is 4.88. The van der Waals surface area contributed by atoms with Crippen LogP contribution >= 0.6 is 0 Å². The van der Waals surface area contributed by atoms with Crippen molar-refractivity contribution >= 4 is 5.91 Å². The SMILES string of the molecule is C=CCN1CCOC2CN(C(=O)c3ccc(=O)[nH]n3)CCC2C1. The highest BCUT2D eigenvalue weighted by molar-refractivity contribution is 5.92. The van der Waals surface area contributed by atoms with Gasteiger partial charge in [-0.3, -0.25) is 14.5 Å². The van der Waals surface area contributed by atoms with Crippen LogP contribution in [-0.2, 0) is 4.74 Å². The van der Waals surface area contributed by atoms with Crippen molar-refractivity contribution in [1.29, 1.82) is 0 Å². The van der Waals surface area contributed by atoms with Gasteiger partial charge in [0, 0.05) is 44.7 Å². The standard InChI is InChI=1S/C16H22N4O3/c1-2-6-19-8-9-23-14-11-20(7-5-12(14)10-19)16(22)13-3-4-15(21)18-17-13/h2-4,12,14H,1,5-11H2,(H,18,21). The van der Waals surface area contributed by atoms with E-state index in [1.54, 1.807) is 4.90 Å². The number of aromatic nitrogens is 2. The molecule has 1 aromatic rings. The van der Waals surface area contributed by atoms with E-state index in [0.29, 0.717) is 25.6 Å². The highest BCUT2D eigenvalue weighted by Crippen LogP contribution is 2.24. The maximum absolute atomic E-state index is 12.5. The number of hydrogen-bond acceptors (Lipinski definition) is 5. The van der Waals surface area contributed by atoms with Crippen LogP contribution < -0.4 is 5.56 Å². The number of carbonyl (C=O) groups excluding carboxylic acids is 1. The summed E-state index contributed by atoms with van der Waals surface area (Å²) in [4.78, 5) is 27.7. The molecule has 0 spiro atoms. The normalized spacial score (nSPS) is 25.5. The van der Waals surface area contributed by atoms with E-state index in [2.05, 4.69) is 21.7 Å². The first kappa shape index (κ1) is 15.9. The number of amides is 1. The molecule has 1 aromatic heterocycles. The van der Waals surface area contributed by atoms with Crippen LogP contribution in [0.2, 0.25) is 0 Å². The zero-order valence-corrected chi connectivity index (χ0v) is 13.1. The van der Waals surface area contributed by atoms with E-state index < -0.39 is 0 Å². The van der Waals surface area contributed by atoms with Gasteiger partial charge in [-0.2, -0.15) is 5.10 Å². The van der Waals surface area contributed by atoms with E-state index in [4.69, 9.17) is 4.74 Å². The molecule has 2 atom stereocenters. The van der Waals surface area contributed by atoms with Crippen LogP contribution in [0.4, 0.5) is 0 Å². The van der Waals surface area contributed by atoms with Crippen molar-refractivity contribution in [3.8, 4) is 0 Å². The third kappa shape index (κ3) is 3.68. The van der Waals surface area contributed by atoms with Crippen LogP contribution in [0.5, 0.6) is 0 Å². The van der Waals surface area contributed by atoms with Crippen molar-refractivity contribution in [3.63, 3.8) is 0 Å². The molecule has 0 aromatic carbocycles. The molecule has 2 unspecified atom stereocenters. The van der Waals surface area contributed by atoms with Gasteiger partial charge in [0.15, 0.2) is 0 Å². The maximum atomic E-state index is 12.5. The molecule has 7 heteroatoms. The molecule has 3 heterocycles. The smallest absolute Gasteiger partial charge is 0.274 e. The number of H-pyrrole nitrogens is 1. The third-order valence-corrected chi connectivity index (χ3v) is 4.50. The third-order valence-electron chi connectivity index (χ3n) is 4.50. The van der Waals surface area contributed by atoms with E-state index >= 15 is 0 Å². The van der Waals surface area contributed by atoms with E-state index in [9.17, 15) is 9.59 Å². The van der Waals surface area contributed by atoms with Gasteiger partial charge in [0.1, 0.15) is 5.69 Å². The van der Waals surface area contributed by atoms with Crippen LogP contribution in [-0.4, -0.2) is 71.3 Å². The number of hydrogen-bond donors (Lipinski definition) is 1. The zero-order chi connectivity index (χ0) is 16.2. The van der Waals surface area contributed by atoms with Crippen molar-refractivity contribution < 1.29 is 9.53 Å². The molecule has 0 bridgehead atoms. The number of fused-ring (bicyclic) bond motifs is 1. The number of nitrogens with zero attached hydrogens (tertiary/aromatic N) is 3. The fourth-order valence-corrected chi connectivity index (χ4v) is 3.28. The monoisotopic (exact) mass is 318 g/mol. The first-order chi connectivity index (χ1) is 11.2. The Bertz CT molecular complexity index is 610. The zero-order valence-electron chi connectivity index (χ0n) is 13.1. The minimum atomic E-state index is -0.310. The molecule has 2 fully saturated rings. The van der Waals surface area contributed by atoms with Crippen molar-refractivity contribution in [2.24, 2.45) is 5.92 Å². The predicted molar refractivity (Wildman–Crippen MR) is 85.2 cm³/mol. The summed E-state index contributed by atoms with van der Waals surface area (Å²) >= 11 is 0. The number of rotatable bonds is 3. The number of piperidine rings is 1. The lowest BCUT2D eigenvalue weighted by Crippen LogP contribution is -2.49. The molecule has 2 aliphatic rings. The lowest BCUT2D eigenvalue weighted by Gasteiger charge is -2.37. The first-order valence-electron chi connectivity index (χ1n) is 7.97. The molecule has 1 amide bonds. The van der Waals surface area contributed by atoms with Gasteiger partial charge in [0.25, 0.3) is 11.5 Å². The van der Waals surface area contributed by atoms with Gasteiger partial charge in [0.2, 0.25) is 0 Å². The number of aromatic amines is 1. The quantitative estimate of drug-likeness (QED) is 0.801. The van der Waals surface area contributed by atoms with Crippen molar-refractivity contribution in [1.82, 2.24) is 20.0 Å². The van der Waals surface area contributed by atoms with E-state index in [0.717, 1.165) is 26.1 Å². The van der Waals surface area contributed by atoms with Gasteiger partial charge >= 0.3 is 0 Å². The average molecular weight is 318 g/mol. The van der Waals surface area contributed by atoms with E-state index in [-0.39, 0.29) is 23.3 Å². The Hall–Kier alpha value is -1.99. The van der Waals surface area contributed by atoms with Gasteiger partial charge in [-0.05, 0) is 12.5 Å². The Morgan fingerprint density at radius 2 is 2.30 bits per heavy atom. The molecule has 2 aliphatic heterocycles. The summed E-state index contributed by atoms with van der Waals surface area (Å²) in [5.41, 5.74) is -0.0420. The Morgan fingerprint density at radius 1 is 1.43 bits per heavy atom. The van der Waals surface area contributed by atoms with E-state index in [1.165, 1.54) is 12.1 Å². The molecule has 2 saturated heterocycles. The highest BCUT2D eigenvalue weighted by atomic mass is 16.5. The van der Waals surface area contributed by atoms with Crippen LogP contribution in [0.25, 0.3) is 0 Å². The molecule has 0 aliphatic carbocycles. The van der Waals surface area contributed by atoms with Gasteiger partial charge in [-0.15, -0.1) is 6.58 Å². The lowest BCUT2D eigenvalue weighted by molar-refractivity contribution is -0.0172. The average Bonchev–Trinajstić information content (AvgIpc) is 2.76. The molecular formula is C16H22N4O3. The van der Waals surface area contributed by atoms with Gasteiger partial charge < -0.3 is 9.64 Å². The number of carbonyl (C=O) groups is 1. The molecule has 3 rings (SSSR count). The molecular weight excluding hydrogens is 296 g/mol. The molecule has 7 nitrogen and oxygen atoms in total. The van der Waals surface area contributed by atoms with E-state index in [1.807, 2.05) is 6.08 Å². The second-order valence-electron chi connectivity index (χ2n) is 6.06. The number of likely N-dealkylation sites (tertiary alicyclic amines) is 1. The first-order valence-corrected chi connectivity index (χ1v) is 7.97. The summed E-state index contributed by atoms with van der Waals surface area (Å²) in [5.74, 6) is 0.278. The Labute approximate surface area is 134 Å². The summed E-state index contributed by atoms with van der Waals surface area (Å²) < 4.78 is 5.97. The maximum Gasteiger partial charge on any atom is 0.274 e. The molecule has 23 heavy (non-hydrogen) atoms. The van der Waals surface area contributed by atoms with Crippen molar-refractivity contribution in [2.75, 3.05) is 39.3 Å². The summed E-state index contributed by atoms with van der Waals surface area (Å²) in [6.07, 6.45) is 2.89.